The van der Waals surface area contributed by atoms with Crippen LogP contribution in [0.5, 0.6) is 0 Å². The minimum atomic E-state index is 0.787. The van der Waals surface area contributed by atoms with Gasteiger partial charge in [0.05, 0.1) is 0 Å². The molecule has 0 N–H and O–H groups in total. The highest BCUT2D eigenvalue weighted by Gasteiger charge is 2.25. The van der Waals surface area contributed by atoms with Gasteiger partial charge in [-0.1, -0.05) is 38.0 Å². The molecule has 2 aliphatic heterocycles. The maximum Gasteiger partial charge on any atom is 0.0263 e. The number of thioether (sulfide) groups is 1. The molecule has 0 radical (unpaired) electrons. The molecule has 1 aromatic carbocycles. The van der Waals surface area contributed by atoms with Crippen molar-refractivity contribution >= 4 is 11.8 Å². The Morgan fingerprint density at radius 1 is 1.20 bits per heavy atom. The van der Waals surface area contributed by atoms with Crippen LogP contribution in [0.15, 0.2) is 29.2 Å². The van der Waals surface area contributed by atoms with Gasteiger partial charge in [0.1, 0.15) is 0 Å². The molecular formula is C18H27NS. The summed E-state index contributed by atoms with van der Waals surface area (Å²) in [6.07, 6.45) is 8.38. The van der Waals surface area contributed by atoms with Crippen LogP contribution in [0, 0.1) is 5.92 Å². The van der Waals surface area contributed by atoms with Crippen LogP contribution in [0.2, 0.25) is 0 Å². The SMILES string of the molecule is CCCC1CCCN(CC2Cc3ccccc3S2)CC1. The number of fused-ring (bicyclic) bond motifs is 1. The lowest BCUT2D eigenvalue weighted by atomic mass is 9.96. The molecule has 2 aliphatic rings. The van der Waals surface area contributed by atoms with E-state index in [1.54, 1.807) is 5.56 Å². The number of hydrogen-bond acceptors (Lipinski definition) is 2. The molecule has 0 saturated carbocycles. The molecule has 0 amide bonds. The van der Waals surface area contributed by atoms with E-state index in [-0.39, 0.29) is 0 Å². The van der Waals surface area contributed by atoms with Crippen molar-refractivity contribution in [3.63, 3.8) is 0 Å². The third-order valence-corrected chi connectivity index (χ3v) is 6.11. The van der Waals surface area contributed by atoms with Gasteiger partial charge >= 0.3 is 0 Å². The van der Waals surface area contributed by atoms with Gasteiger partial charge in [0.25, 0.3) is 0 Å². The molecule has 2 unspecified atom stereocenters. The van der Waals surface area contributed by atoms with E-state index in [2.05, 4.69) is 47.9 Å². The van der Waals surface area contributed by atoms with Crippen LogP contribution in [-0.2, 0) is 6.42 Å². The lowest BCUT2D eigenvalue weighted by molar-refractivity contribution is 0.280. The monoisotopic (exact) mass is 289 g/mol. The minimum Gasteiger partial charge on any atom is -0.302 e. The Morgan fingerprint density at radius 2 is 2.10 bits per heavy atom. The number of nitrogens with zero attached hydrogens (tertiary/aromatic N) is 1. The van der Waals surface area contributed by atoms with Gasteiger partial charge in [0.2, 0.25) is 0 Å². The van der Waals surface area contributed by atoms with Gasteiger partial charge in [0.15, 0.2) is 0 Å². The predicted molar refractivity (Wildman–Crippen MR) is 88.5 cm³/mol. The van der Waals surface area contributed by atoms with Crippen molar-refractivity contribution < 1.29 is 0 Å². The molecule has 1 saturated heterocycles. The summed E-state index contributed by atoms with van der Waals surface area (Å²) in [5.41, 5.74) is 1.57. The zero-order chi connectivity index (χ0) is 13.8. The molecule has 3 rings (SSSR count). The fraction of sp³-hybridized carbons (Fsp3) is 0.667. The second kappa shape index (κ2) is 7.00. The van der Waals surface area contributed by atoms with E-state index >= 15 is 0 Å². The third-order valence-electron chi connectivity index (χ3n) is 4.81. The number of hydrogen-bond donors (Lipinski definition) is 0. The molecule has 0 bridgehead atoms. The number of benzene rings is 1. The molecule has 1 fully saturated rings. The van der Waals surface area contributed by atoms with E-state index in [0.717, 1.165) is 11.2 Å². The summed E-state index contributed by atoms with van der Waals surface area (Å²) >= 11 is 2.11. The van der Waals surface area contributed by atoms with E-state index in [1.807, 2.05) is 0 Å². The van der Waals surface area contributed by atoms with Gasteiger partial charge in [-0.15, -0.1) is 11.8 Å². The molecule has 0 aliphatic carbocycles. The van der Waals surface area contributed by atoms with Gasteiger partial charge in [0, 0.05) is 16.7 Å². The topological polar surface area (TPSA) is 3.24 Å². The molecular weight excluding hydrogens is 262 g/mol. The summed E-state index contributed by atoms with van der Waals surface area (Å²) in [4.78, 5) is 4.26. The molecule has 2 atom stereocenters. The van der Waals surface area contributed by atoms with Crippen LogP contribution < -0.4 is 0 Å². The van der Waals surface area contributed by atoms with E-state index in [4.69, 9.17) is 0 Å². The molecule has 20 heavy (non-hydrogen) atoms. The lowest BCUT2D eigenvalue weighted by Crippen LogP contribution is -2.31. The van der Waals surface area contributed by atoms with Crippen molar-refractivity contribution in [3.05, 3.63) is 29.8 Å². The van der Waals surface area contributed by atoms with Gasteiger partial charge in [-0.05, 0) is 56.3 Å². The normalized spacial score (nSPS) is 27.2. The summed E-state index contributed by atoms with van der Waals surface area (Å²) in [5.74, 6) is 0.999. The minimum absolute atomic E-state index is 0.787. The molecule has 1 aromatic rings. The standard InChI is InChI=1S/C18H27NS/c1-2-6-15-7-5-11-19(12-10-15)14-17-13-16-8-3-4-9-18(16)20-17/h3-4,8-9,15,17H,2,5-7,10-14H2,1H3. The zero-order valence-electron chi connectivity index (χ0n) is 12.7. The summed E-state index contributed by atoms with van der Waals surface area (Å²) in [6, 6.07) is 8.96. The Labute approximate surface area is 128 Å². The Hall–Kier alpha value is -0.470. The average molecular weight is 289 g/mol. The third kappa shape index (κ3) is 3.59. The predicted octanol–water partition coefficient (Wildman–Crippen LogP) is 4.61. The second-order valence-electron chi connectivity index (χ2n) is 6.44. The average Bonchev–Trinajstić information content (AvgIpc) is 2.73. The van der Waals surface area contributed by atoms with E-state index in [9.17, 15) is 0 Å². The van der Waals surface area contributed by atoms with E-state index in [1.165, 1.54) is 63.1 Å². The van der Waals surface area contributed by atoms with E-state index < -0.39 is 0 Å². The van der Waals surface area contributed by atoms with Crippen LogP contribution in [0.1, 0.15) is 44.6 Å². The highest BCUT2D eigenvalue weighted by atomic mass is 32.2. The highest BCUT2D eigenvalue weighted by molar-refractivity contribution is 8.00. The molecule has 2 heteroatoms. The Bertz CT molecular complexity index is 406. The van der Waals surface area contributed by atoms with Crippen LogP contribution in [0.25, 0.3) is 0 Å². The Morgan fingerprint density at radius 3 is 2.95 bits per heavy atom. The maximum atomic E-state index is 2.74. The quantitative estimate of drug-likeness (QED) is 0.796. The van der Waals surface area contributed by atoms with Gasteiger partial charge in [-0.3, -0.25) is 0 Å². The van der Waals surface area contributed by atoms with Crippen molar-refractivity contribution in [2.45, 2.75) is 55.6 Å². The van der Waals surface area contributed by atoms with Crippen molar-refractivity contribution in [1.82, 2.24) is 4.90 Å². The summed E-state index contributed by atoms with van der Waals surface area (Å²) < 4.78 is 0. The molecule has 1 nitrogen and oxygen atoms in total. The number of rotatable bonds is 4. The lowest BCUT2D eigenvalue weighted by Gasteiger charge is -2.23. The van der Waals surface area contributed by atoms with Gasteiger partial charge in [-0.2, -0.15) is 0 Å². The first-order valence-corrected chi connectivity index (χ1v) is 9.20. The molecule has 2 heterocycles. The summed E-state index contributed by atoms with van der Waals surface area (Å²) in [5, 5.41) is 0.787. The van der Waals surface area contributed by atoms with Crippen LogP contribution >= 0.6 is 11.8 Å². The van der Waals surface area contributed by atoms with Crippen molar-refractivity contribution in [3.8, 4) is 0 Å². The molecule has 0 spiro atoms. The van der Waals surface area contributed by atoms with Crippen molar-refractivity contribution in [2.75, 3.05) is 19.6 Å². The Kier molecular flexibility index (Phi) is 5.06. The largest absolute Gasteiger partial charge is 0.302 e. The van der Waals surface area contributed by atoms with E-state index in [0.29, 0.717) is 0 Å². The smallest absolute Gasteiger partial charge is 0.0263 e. The first kappa shape index (κ1) is 14.5. The zero-order valence-corrected chi connectivity index (χ0v) is 13.5. The summed E-state index contributed by atoms with van der Waals surface area (Å²) in [7, 11) is 0. The van der Waals surface area contributed by atoms with Crippen molar-refractivity contribution in [2.24, 2.45) is 5.92 Å². The fourth-order valence-corrected chi connectivity index (χ4v) is 5.12. The first-order valence-electron chi connectivity index (χ1n) is 8.32. The van der Waals surface area contributed by atoms with Crippen LogP contribution in [-0.4, -0.2) is 29.8 Å². The van der Waals surface area contributed by atoms with Gasteiger partial charge < -0.3 is 4.90 Å². The summed E-state index contributed by atoms with van der Waals surface area (Å²) in [6.45, 7) is 6.28. The van der Waals surface area contributed by atoms with Crippen LogP contribution in [0.4, 0.5) is 0 Å². The second-order valence-corrected chi connectivity index (χ2v) is 7.78. The Balaban J connectivity index is 1.50. The van der Waals surface area contributed by atoms with Crippen LogP contribution in [0.3, 0.4) is 0 Å². The van der Waals surface area contributed by atoms with Crippen molar-refractivity contribution in [1.29, 1.82) is 0 Å². The number of likely N-dealkylation sites (tertiary alicyclic amines) is 1. The maximum absolute atomic E-state index is 2.74. The molecule has 110 valence electrons. The fourth-order valence-electron chi connectivity index (χ4n) is 3.75. The first-order chi connectivity index (χ1) is 9.85. The molecule has 0 aromatic heterocycles. The van der Waals surface area contributed by atoms with Gasteiger partial charge in [-0.25, -0.2) is 0 Å². The highest BCUT2D eigenvalue weighted by Crippen LogP contribution is 2.37.